The van der Waals surface area contributed by atoms with Crippen molar-refractivity contribution in [3.05, 3.63) is 53.2 Å². The number of nitrogens with one attached hydrogen (secondary N) is 3. The fourth-order valence-electron chi connectivity index (χ4n) is 3.16. The van der Waals surface area contributed by atoms with Gasteiger partial charge in [-0.25, -0.2) is 18.1 Å². The smallest absolute Gasteiger partial charge is 0.240 e. The summed E-state index contributed by atoms with van der Waals surface area (Å²) < 4.78 is 25.9. The van der Waals surface area contributed by atoms with Gasteiger partial charge < -0.3 is 15.5 Å². The molecular weight excluding hydrogens is 539 g/mol. The highest BCUT2D eigenvalue weighted by atomic mass is 127. The van der Waals surface area contributed by atoms with E-state index >= 15 is 0 Å². The second-order valence-corrected chi connectivity index (χ2v) is 8.96. The van der Waals surface area contributed by atoms with E-state index in [2.05, 4.69) is 30.2 Å². The second kappa shape index (κ2) is 11.1. The van der Waals surface area contributed by atoms with Gasteiger partial charge >= 0.3 is 0 Å². The van der Waals surface area contributed by atoms with Crippen molar-refractivity contribution < 1.29 is 8.42 Å². The zero-order valence-electron chi connectivity index (χ0n) is 16.8. The third kappa shape index (κ3) is 6.19. The molecule has 11 heteroatoms. The molecule has 0 amide bonds. The number of anilines is 1. The van der Waals surface area contributed by atoms with Crippen LogP contribution in [0, 0.1) is 0 Å². The van der Waals surface area contributed by atoms with Crippen LogP contribution in [-0.4, -0.2) is 52.6 Å². The molecule has 1 unspecified atom stereocenters. The Morgan fingerprint density at radius 3 is 2.67 bits per heavy atom. The summed E-state index contributed by atoms with van der Waals surface area (Å²) in [5.41, 5.74) is 0.955. The summed E-state index contributed by atoms with van der Waals surface area (Å²) in [4.78, 5) is 11.1. The number of hydrogen-bond donors (Lipinski definition) is 3. The summed E-state index contributed by atoms with van der Waals surface area (Å²) in [5.74, 6) is 1.49. The van der Waals surface area contributed by atoms with Gasteiger partial charge in [0, 0.05) is 38.9 Å². The Labute approximate surface area is 199 Å². The van der Waals surface area contributed by atoms with E-state index in [0.717, 1.165) is 30.9 Å². The van der Waals surface area contributed by atoms with Crippen molar-refractivity contribution in [3.8, 4) is 0 Å². The molecule has 0 aliphatic carbocycles. The lowest BCUT2D eigenvalue weighted by atomic mass is 10.2. The molecule has 30 heavy (non-hydrogen) atoms. The maximum Gasteiger partial charge on any atom is 0.240 e. The Bertz CT molecular complexity index is 971. The van der Waals surface area contributed by atoms with E-state index in [4.69, 9.17) is 11.6 Å². The minimum absolute atomic E-state index is 0. The first-order chi connectivity index (χ1) is 13.9. The van der Waals surface area contributed by atoms with E-state index in [1.54, 1.807) is 37.5 Å². The standard InChI is InChI=1S/C19H25ClN6O2S.HI/c1-21-19(24-12-14-5-7-16(8-6-14)29(27,28)22-2)25-15-9-11-26(13-15)18-17(20)4-3-10-23-18;/h3-8,10,15,22H,9,11-13H2,1-2H3,(H2,21,24,25);1H. The fourth-order valence-corrected chi connectivity index (χ4v) is 4.13. The second-order valence-electron chi connectivity index (χ2n) is 6.66. The average Bonchev–Trinajstić information content (AvgIpc) is 3.20. The monoisotopic (exact) mass is 564 g/mol. The number of halogens is 2. The number of benzene rings is 1. The molecule has 8 nitrogen and oxygen atoms in total. The first-order valence-corrected chi connectivity index (χ1v) is 11.1. The van der Waals surface area contributed by atoms with Crippen LogP contribution in [0.2, 0.25) is 5.02 Å². The molecule has 164 valence electrons. The molecule has 0 radical (unpaired) electrons. The largest absolute Gasteiger partial charge is 0.353 e. The van der Waals surface area contributed by atoms with Gasteiger partial charge in [-0.2, -0.15) is 0 Å². The molecule has 1 aliphatic rings. The Balaban J connectivity index is 0.00000320. The van der Waals surface area contributed by atoms with Gasteiger partial charge in [-0.3, -0.25) is 4.99 Å². The van der Waals surface area contributed by atoms with Crippen LogP contribution in [0.3, 0.4) is 0 Å². The SMILES string of the molecule is CN=C(NCc1ccc(S(=O)(=O)NC)cc1)NC1CCN(c2ncccc2Cl)C1.I. The van der Waals surface area contributed by atoms with E-state index in [0.29, 0.717) is 17.5 Å². The van der Waals surface area contributed by atoms with Crippen LogP contribution < -0.4 is 20.3 Å². The van der Waals surface area contributed by atoms with Crippen molar-refractivity contribution in [2.24, 2.45) is 4.99 Å². The molecule has 3 N–H and O–H groups in total. The van der Waals surface area contributed by atoms with E-state index in [-0.39, 0.29) is 34.9 Å². The number of pyridine rings is 1. The first-order valence-electron chi connectivity index (χ1n) is 9.28. The van der Waals surface area contributed by atoms with E-state index in [1.165, 1.54) is 7.05 Å². The van der Waals surface area contributed by atoms with Crippen LogP contribution in [0.5, 0.6) is 0 Å². The predicted molar refractivity (Wildman–Crippen MR) is 131 cm³/mol. The van der Waals surface area contributed by atoms with E-state index in [1.807, 2.05) is 12.1 Å². The fraction of sp³-hybridized carbons (Fsp3) is 0.368. The third-order valence-electron chi connectivity index (χ3n) is 4.75. The van der Waals surface area contributed by atoms with Crippen LogP contribution >= 0.6 is 35.6 Å². The summed E-state index contributed by atoms with van der Waals surface area (Å²) in [6.07, 6.45) is 2.69. The summed E-state index contributed by atoms with van der Waals surface area (Å²) in [6.45, 7) is 2.18. The topological polar surface area (TPSA) is 98.7 Å². The van der Waals surface area contributed by atoms with Crippen molar-refractivity contribution in [2.45, 2.75) is 23.9 Å². The van der Waals surface area contributed by atoms with Crippen molar-refractivity contribution >= 4 is 57.4 Å². The van der Waals surface area contributed by atoms with Crippen molar-refractivity contribution in [1.82, 2.24) is 20.3 Å². The van der Waals surface area contributed by atoms with Crippen LogP contribution in [0.1, 0.15) is 12.0 Å². The molecule has 1 fully saturated rings. The van der Waals surface area contributed by atoms with Gasteiger partial charge in [0.05, 0.1) is 9.92 Å². The van der Waals surface area contributed by atoms with Crippen LogP contribution in [0.25, 0.3) is 0 Å². The van der Waals surface area contributed by atoms with Crippen LogP contribution in [0.15, 0.2) is 52.5 Å². The Morgan fingerprint density at radius 2 is 2.03 bits per heavy atom. The molecule has 1 aromatic carbocycles. The number of aromatic nitrogens is 1. The number of guanidine groups is 1. The molecule has 0 bridgehead atoms. The molecule has 1 aromatic heterocycles. The van der Waals surface area contributed by atoms with Gasteiger partial charge in [0.1, 0.15) is 5.82 Å². The summed E-state index contributed by atoms with van der Waals surface area (Å²) in [5, 5.41) is 7.34. The van der Waals surface area contributed by atoms with Crippen molar-refractivity contribution in [2.75, 3.05) is 32.1 Å². The van der Waals surface area contributed by atoms with E-state index in [9.17, 15) is 8.42 Å². The molecule has 0 saturated carbocycles. The zero-order valence-corrected chi connectivity index (χ0v) is 20.7. The highest BCUT2D eigenvalue weighted by molar-refractivity contribution is 14.0. The summed E-state index contributed by atoms with van der Waals surface area (Å²) in [7, 11) is -0.306. The van der Waals surface area contributed by atoms with Gasteiger partial charge in [0.25, 0.3) is 0 Å². The number of nitrogens with zero attached hydrogens (tertiary/aromatic N) is 3. The van der Waals surface area contributed by atoms with Gasteiger partial charge in [-0.1, -0.05) is 23.7 Å². The van der Waals surface area contributed by atoms with Gasteiger partial charge in [0.15, 0.2) is 5.96 Å². The lowest BCUT2D eigenvalue weighted by Gasteiger charge is -2.20. The molecule has 2 heterocycles. The average molecular weight is 565 g/mol. The maximum absolute atomic E-state index is 11.8. The minimum Gasteiger partial charge on any atom is -0.353 e. The predicted octanol–water partition coefficient (Wildman–Crippen LogP) is 2.21. The zero-order chi connectivity index (χ0) is 20.9. The highest BCUT2D eigenvalue weighted by Gasteiger charge is 2.25. The van der Waals surface area contributed by atoms with Gasteiger partial charge in [0.2, 0.25) is 10.0 Å². The molecule has 2 aromatic rings. The number of sulfonamides is 1. The quantitative estimate of drug-likeness (QED) is 0.283. The van der Waals surface area contributed by atoms with Gasteiger partial charge in [-0.05, 0) is 43.3 Å². The van der Waals surface area contributed by atoms with Crippen molar-refractivity contribution in [3.63, 3.8) is 0 Å². The Morgan fingerprint density at radius 1 is 1.30 bits per heavy atom. The number of hydrogen-bond acceptors (Lipinski definition) is 5. The summed E-state index contributed by atoms with van der Waals surface area (Å²) >= 11 is 6.25. The van der Waals surface area contributed by atoms with E-state index < -0.39 is 10.0 Å². The Kier molecular flexibility index (Phi) is 9.13. The van der Waals surface area contributed by atoms with Crippen molar-refractivity contribution in [1.29, 1.82) is 0 Å². The summed E-state index contributed by atoms with van der Waals surface area (Å²) in [6, 6.07) is 10.6. The lowest BCUT2D eigenvalue weighted by Crippen LogP contribution is -2.44. The normalized spacial score (nSPS) is 16.8. The molecule has 3 rings (SSSR count). The molecule has 1 aliphatic heterocycles. The lowest BCUT2D eigenvalue weighted by molar-refractivity contribution is 0.588. The number of rotatable bonds is 6. The first kappa shape index (κ1) is 24.6. The minimum atomic E-state index is -3.42. The maximum atomic E-state index is 11.8. The third-order valence-corrected chi connectivity index (χ3v) is 6.48. The molecule has 1 saturated heterocycles. The molecule has 1 atom stereocenters. The highest BCUT2D eigenvalue weighted by Crippen LogP contribution is 2.25. The Hall–Kier alpha value is -1.63. The van der Waals surface area contributed by atoms with Crippen LogP contribution in [0.4, 0.5) is 5.82 Å². The van der Waals surface area contributed by atoms with Crippen LogP contribution in [-0.2, 0) is 16.6 Å². The number of aliphatic imine (C=N–C) groups is 1. The molecule has 0 spiro atoms. The molecular formula is C19H26ClIN6O2S. The van der Waals surface area contributed by atoms with Gasteiger partial charge in [-0.15, -0.1) is 24.0 Å².